The Hall–Kier alpha value is -11.5. The molecule has 1 unspecified atom stereocenters. The van der Waals surface area contributed by atoms with Gasteiger partial charge in [-0.2, -0.15) is 15.8 Å². The van der Waals surface area contributed by atoms with Crippen molar-refractivity contribution in [3.05, 3.63) is 312 Å². The molecule has 8 nitrogen and oxygen atoms in total. The number of fused-ring (bicyclic) bond motifs is 3. The lowest BCUT2D eigenvalue weighted by Crippen LogP contribution is -2.24. The first kappa shape index (κ1) is 49.1. The number of nitrogens with one attached hydrogen (secondary N) is 1. The number of rotatable bonds is 12. The zero-order valence-corrected chi connectivity index (χ0v) is 43.8. The van der Waals surface area contributed by atoms with Crippen LogP contribution in [0.5, 0.6) is 0 Å². The fourth-order valence-electron chi connectivity index (χ4n) is 10.9. The van der Waals surface area contributed by atoms with Crippen molar-refractivity contribution >= 4 is 67.3 Å². The van der Waals surface area contributed by atoms with Crippen molar-refractivity contribution in [2.75, 3.05) is 9.80 Å². The van der Waals surface area contributed by atoms with Crippen LogP contribution in [0.15, 0.2) is 284 Å². The summed E-state index contributed by atoms with van der Waals surface area (Å²) in [5, 5.41) is 36.0. The third-order valence-electron chi connectivity index (χ3n) is 14.9. The van der Waals surface area contributed by atoms with Crippen LogP contribution in [0.1, 0.15) is 39.5 Å². The number of nitriles is 3. The van der Waals surface area contributed by atoms with Gasteiger partial charge >= 0.3 is 0 Å². The number of hydrogen-bond acceptors (Lipinski definition) is 7. The molecule has 1 aromatic heterocycles. The second kappa shape index (κ2) is 21.5. The number of aliphatic imine (C=N–C) groups is 1. The van der Waals surface area contributed by atoms with Crippen LogP contribution >= 0.6 is 0 Å². The topological polar surface area (TPSA) is 107 Å². The molecular weight excluding hydrogens is 989 g/mol. The van der Waals surface area contributed by atoms with Crippen LogP contribution in [0.2, 0.25) is 0 Å². The highest BCUT2D eigenvalue weighted by atomic mass is 15.2. The molecule has 0 amide bonds. The molecular formula is C73H48N8. The van der Waals surface area contributed by atoms with E-state index in [4.69, 9.17) is 4.99 Å². The molecule has 13 rings (SSSR count). The summed E-state index contributed by atoms with van der Waals surface area (Å²) >= 11 is 0. The van der Waals surface area contributed by atoms with Gasteiger partial charge in [-0.15, -0.1) is 0 Å². The Balaban J connectivity index is 0.870. The monoisotopic (exact) mass is 1040 g/mol. The Morgan fingerprint density at radius 3 is 1.32 bits per heavy atom. The summed E-state index contributed by atoms with van der Waals surface area (Å²) in [6.07, 6.45) is 1.91. The highest BCUT2D eigenvalue weighted by molar-refractivity contribution is 6.13. The van der Waals surface area contributed by atoms with E-state index in [1.165, 1.54) is 0 Å². The number of allylic oxidation sites excluding steroid dienone is 1. The Kier molecular flexibility index (Phi) is 13.0. The van der Waals surface area contributed by atoms with Gasteiger partial charge < -0.3 is 19.7 Å². The SMILES string of the molecule is N#Cc1ccc(N(c2ccc(C#N)cc2)c2ccc3c(c2)c2cc(N(c4ccccc4)c4ccccc4)ccc2n3-c2ccc(-c3ccc(-c4ccc(C5=CC(c6ccccc6)=NC(c6ccccc6)N5)cc4)cc3)c(C#N)c2)cc1. The van der Waals surface area contributed by atoms with E-state index in [1.54, 1.807) is 0 Å². The van der Waals surface area contributed by atoms with Crippen LogP contribution in [0.4, 0.5) is 34.1 Å². The quantitative estimate of drug-likeness (QED) is 0.131. The predicted molar refractivity (Wildman–Crippen MR) is 328 cm³/mol. The Bertz CT molecular complexity index is 4380. The number of anilines is 6. The van der Waals surface area contributed by atoms with Gasteiger partial charge in [0.05, 0.1) is 51.6 Å². The Morgan fingerprint density at radius 2 is 0.827 bits per heavy atom. The number of aromatic nitrogens is 1. The largest absolute Gasteiger partial charge is 0.360 e. The van der Waals surface area contributed by atoms with Gasteiger partial charge in [-0.1, -0.05) is 152 Å². The van der Waals surface area contributed by atoms with Gasteiger partial charge in [-0.25, -0.2) is 0 Å². The fourth-order valence-corrected chi connectivity index (χ4v) is 10.9. The van der Waals surface area contributed by atoms with E-state index in [2.05, 4.69) is 214 Å². The molecule has 1 aliphatic heterocycles. The smallest absolute Gasteiger partial charge is 0.145 e. The highest BCUT2D eigenvalue weighted by Crippen LogP contribution is 2.44. The van der Waals surface area contributed by atoms with Crippen LogP contribution in [-0.4, -0.2) is 10.3 Å². The molecule has 0 saturated carbocycles. The molecule has 0 fully saturated rings. The van der Waals surface area contributed by atoms with Crippen molar-refractivity contribution < 1.29 is 0 Å². The maximum Gasteiger partial charge on any atom is 0.145 e. The summed E-state index contributed by atoms with van der Waals surface area (Å²) in [4.78, 5) is 9.51. The number of nitrogens with zero attached hydrogens (tertiary/aromatic N) is 7. The van der Waals surface area contributed by atoms with E-state index in [1.807, 2.05) is 103 Å². The lowest BCUT2D eigenvalue weighted by atomic mass is 9.96. The molecule has 81 heavy (non-hydrogen) atoms. The summed E-state index contributed by atoms with van der Waals surface area (Å²) in [5.74, 6) is 0. The number of hydrogen-bond donors (Lipinski definition) is 1. The Morgan fingerprint density at radius 1 is 0.383 bits per heavy atom. The van der Waals surface area contributed by atoms with Crippen LogP contribution in [0, 0.1) is 34.0 Å². The zero-order chi connectivity index (χ0) is 54.7. The third kappa shape index (κ3) is 9.61. The van der Waals surface area contributed by atoms with E-state index >= 15 is 0 Å². The second-order valence-electron chi connectivity index (χ2n) is 19.8. The molecule has 0 spiro atoms. The molecule has 1 N–H and O–H groups in total. The molecule has 0 bridgehead atoms. The zero-order valence-electron chi connectivity index (χ0n) is 43.8. The predicted octanol–water partition coefficient (Wildman–Crippen LogP) is 17.8. The minimum absolute atomic E-state index is 0.221. The first-order chi connectivity index (χ1) is 40.0. The van der Waals surface area contributed by atoms with Gasteiger partial charge in [-0.3, -0.25) is 4.99 Å². The maximum absolute atomic E-state index is 10.9. The van der Waals surface area contributed by atoms with Crippen LogP contribution in [0.25, 0.3) is 55.4 Å². The van der Waals surface area contributed by atoms with Crippen LogP contribution in [-0.2, 0) is 0 Å². The molecule has 2 heterocycles. The molecule has 0 radical (unpaired) electrons. The van der Waals surface area contributed by atoms with Crippen molar-refractivity contribution in [2.24, 2.45) is 4.99 Å². The van der Waals surface area contributed by atoms with Crippen molar-refractivity contribution in [1.29, 1.82) is 15.8 Å². The molecule has 8 heteroatoms. The molecule has 380 valence electrons. The van der Waals surface area contributed by atoms with Crippen LogP contribution < -0.4 is 15.1 Å². The molecule has 12 aromatic rings. The van der Waals surface area contributed by atoms with E-state index in [0.29, 0.717) is 16.7 Å². The molecule has 1 aliphatic rings. The normalized spacial score (nSPS) is 12.8. The van der Waals surface area contributed by atoms with E-state index in [-0.39, 0.29) is 6.17 Å². The van der Waals surface area contributed by atoms with Gasteiger partial charge in [-0.05, 0) is 166 Å². The summed E-state index contributed by atoms with van der Waals surface area (Å²) in [5.41, 5.74) is 19.2. The van der Waals surface area contributed by atoms with Gasteiger partial charge in [0, 0.05) is 56.3 Å². The van der Waals surface area contributed by atoms with Crippen molar-refractivity contribution in [3.8, 4) is 46.1 Å². The average molecular weight is 1040 g/mol. The van der Waals surface area contributed by atoms with Crippen molar-refractivity contribution in [3.63, 3.8) is 0 Å². The van der Waals surface area contributed by atoms with E-state index in [9.17, 15) is 15.8 Å². The first-order valence-electron chi connectivity index (χ1n) is 26.7. The number of benzene rings is 11. The third-order valence-corrected chi connectivity index (χ3v) is 14.9. The minimum Gasteiger partial charge on any atom is -0.360 e. The summed E-state index contributed by atoms with van der Waals surface area (Å²) in [7, 11) is 0. The van der Waals surface area contributed by atoms with Crippen LogP contribution in [0.3, 0.4) is 0 Å². The molecule has 11 aromatic carbocycles. The van der Waals surface area contributed by atoms with Gasteiger partial charge in [0.1, 0.15) is 6.17 Å². The first-order valence-corrected chi connectivity index (χ1v) is 26.7. The fraction of sp³-hybridized carbons (Fsp3) is 0.0137. The maximum atomic E-state index is 10.9. The summed E-state index contributed by atoms with van der Waals surface area (Å²) in [6.45, 7) is 0. The van der Waals surface area contributed by atoms with Crippen molar-refractivity contribution in [1.82, 2.24) is 9.88 Å². The standard InChI is InChI=1S/C73H48N8/c74-47-50-21-33-61(34-22-50)80(62-35-23-51(48-75)24-36-62)65-39-42-72-68(45-65)67-44-64(79(59-17-9-3-10-18-59)60-19-11-4-12-20-60)38-41-71(67)81(72)63-37-40-66(58(43-63)49-76)54-29-25-52(26-30-54)53-27-31-56(32-28-53)70-46-69(55-13-5-1-6-14-55)77-73(78-70)57-15-7-2-8-16-57/h1-46,73,78H. The van der Waals surface area contributed by atoms with E-state index < -0.39 is 0 Å². The second-order valence-corrected chi connectivity index (χ2v) is 19.8. The highest BCUT2D eigenvalue weighted by Gasteiger charge is 2.23. The molecule has 0 saturated heterocycles. The summed E-state index contributed by atoms with van der Waals surface area (Å²) < 4.78 is 2.24. The molecule has 0 aliphatic carbocycles. The molecule has 1 atom stereocenters. The van der Waals surface area contributed by atoms with Gasteiger partial charge in [0.25, 0.3) is 0 Å². The van der Waals surface area contributed by atoms with Gasteiger partial charge in [0.2, 0.25) is 0 Å². The van der Waals surface area contributed by atoms with Gasteiger partial charge in [0.15, 0.2) is 0 Å². The number of para-hydroxylation sites is 2. The minimum atomic E-state index is -0.221. The average Bonchev–Trinajstić information content (AvgIpc) is 4.14. The summed E-state index contributed by atoms with van der Waals surface area (Å²) in [6, 6.07) is 99.8. The lowest BCUT2D eigenvalue weighted by Gasteiger charge is -2.26. The van der Waals surface area contributed by atoms with Crippen molar-refractivity contribution in [2.45, 2.75) is 6.17 Å². The lowest BCUT2D eigenvalue weighted by molar-refractivity contribution is 0.664. The van der Waals surface area contributed by atoms with E-state index in [0.717, 1.165) is 112 Å². The Labute approximate surface area is 470 Å².